The molecule has 1 aromatic heterocycles. The molecule has 0 bridgehead atoms. The summed E-state index contributed by atoms with van der Waals surface area (Å²) in [4.78, 5) is 12.8. The summed E-state index contributed by atoms with van der Waals surface area (Å²) < 4.78 is 26.5. The van der Waals surface area contributed by atoms with Gasteiger partial charge in [0.2, 0.25) is 0 Å². The van der Waals surface area contributed by atoms with Crippen LogP contribution in [0.1, 0.15) is 25.0 Å². The van der Waals surface area contributed by atoms with Crippen molar-refractivity contribution in [1.29, 1.82) is 0 Å². The second kappa shape index (κ2) is 9.32. The Morgan fingerprint density at radius 3 is 2.32 bits per heavy atom. The lowest BCUT2D eigenvalue weighted by Crippen LogP contribution is -2.29. The Kier molecular flexibility index (Phi) is 6.77. The highest BCUT2D eigenvalue weighted by Gasteiger charge is 2.23. The Labute approximate surface area is 182 Å². The van der Waals surface area contributed by atoms with E-state index in [-0.39, 0.29) is 10.6 Å². The number of nitrogen functional groups attached to an aromatic ring is 1. The number of carbonyl (C=O) groups is 1. The lowest BCUT2D eigenvalue weighted by molar-refractivity contribution is 0.239. The molecule has 164 valence electrons. The number of nitrogens with two attached hydrogens (primary N) is 1. The monoisotopic (exact) mass is 441 g/mol. The number of sulfone groups is 1. The summed E-state index contributed by atoms with van der Waals surface area (Å²) in [5.41, 5.74) is 9.22. The molecule has 1 heterocycles. The van der Waals surface area contributed by atoms with E-state index >= 15 is 0 Å². The van der Waals surface area contributed by atoms with Crippen molar-refractivity contribution in [2.24, 2.45) is 0 Å². The third-order valence-electron chi connectivity index (χ3n) is 4.92. The zero-order valence-electron chi connectivity index (χ0n) is 17.8. The molecule has 0 aliphatic heterocycles. The van der Waals surface area contributed by atoms with Gasteiger partial charge in [0.05, 0.1) is 27.7 Å². The summed E-state index contributed by atoms with van der Waals surface area (Å²) in [7, 11) is -1.68. The van der Waals surface area contributed by atoms with Crippen molar-refractivity contribution in [1.82, 2.24) is 20.4 Å². The maximum atomic E-state index is 12.7. The van der Waals surface area contributed by atoms with Crippen molar-refractivity contribution in [2.45, 2.75) is 37.1 Å². The number of anilines is 1. The molecule has 3 aromatic rings. The van der Waals surface area contributed by atoms with E-state index in [2.05, 4.69) is 15.7 Å². The van der Waals surface area contributed by atoms with Gasteiger partial charge in [-0.2, -0.15) is 9.78 Å². The minimum absolute atomic E-state index is 0.0508. The molecule has 0 saturated heterocycles. The van der Waals surface area contributed by atoms with Crippen molar-refractivity contribution in [3.8, 4) is 11.3 Å². The lowest BCUT2D eigenvalue weighted by atomic mass is 10.1. The molecule has 0 fully saturated rings. The molecule has 0 spiro atoms. The molecule has 31 heavy (non-hydrogen) atoms. The van der Waals surface area contributed by atoms with Crippen LogP contribution in [0.3, 0.4) is 0 Å². The Bertz CT molecular complexity index is 1170. The van der Waals surface area contributed by atoms with Crippen molar-refractivity contribution < 1.29 is 13.2 Å². The molecule has 4 N–H and O–H groups in total. The maximum Gasteiger partial charge on any atom is 0.342 e. The molecule has 1 amide bonds. The first-order valence-corrected chi connectivity index (χ1v) is 11.5. The van der Waals surface area contributed by atoms with Crippen LogP contribution in [0.15, 0.2) is 59.6 Å². The summed E-state index contributed by atoms with van der Waals surface area (Å²) >= 11 is 0. The first kappa shape index (κ1) is 22.5. The fraction of sp³-hybridized carbons (Fsp3) is 0.273. The SMILES string of the molecule is CNCc1ccc(CNC(=O)n2nccc2-c2ccc(N)c(S(=O)(=O)C(C)C)c2)cc1. The highest BCUT2D eigenvalue weighted by atomic mass is 32.2. The number of carbonyl (C=O) groups excluding carboxylic acids is 1. The Balaban J connectivity index is 1.81. The second-order valence-corrected chi connectivity index (χ2v) is 9.95. The molecule has 9 heteroatoms. The van der Waals surface area contributed by atoms with E-state index in [4.69, 9.17) is 5.73 Å². The summed E-state index contributed by atoms with van der Waals surface area (Å²) in [6.45, 7) is 4.32. The molecular weight excluding hydrogens is 414 g/mol. The van der Waals surface area contributed by atoms with E-state index in [1.807, 2.05) is 31.3 Å². The van der Waals surface area contributed by atoms with Crippen molar-refractivity contribution in [2.75, 3.05) is 12.8 Å². The van der Waals surface area contributed by atoms with Gasteiger partial charge in [0.25, 0.3) is 0 Å². The van der Waals surface area contributed by atoms with Crippen LogP contribution in [-0.2, 0) is 22.9 Å². The first-order chi connectivity index (χ1) is 14.7. The number of benzene rings is 2. The highest BCUT2D eigenvalue weighted by molar-refractivity contribution is 7.92. The molecule has 0 saturated carbocycles. The minimum atomic E-state index is -3.57. The fourth-order valence-corrected chi connectivity index (χ4v) is 4.31. The van der Waals surface area contributed by atoms with Crippen LogP contribution in [0.5, 0.6) is 0 Å². The van der Waals surface area contributed by atoms with Gasteiger partial charge in [-0.25, -0.2) is 13.2 Å². The summed E-state index contributed by atoms with van der Waals surface area (Å²) in [5.74, 6) is 0. The molecule has 3 rings (SSSR count). The molecule has 8 nitrogen and oxygen atoms in total. The number of nitrogens with one attached hydrogen (secondary N) is 2. The topological polar surface area (TPSA) is 119 Å². The van der Waals surface area contributed by atoms with Crippen molar-refractivity contribution in [3.63, 3.8) is 0 Å². The molecule has 2 aromatic carbocycles. The number of aromatic nitrogens is 2. The van der Waals surface area contributed by atoms with Gasteiger partial charge in [0, 0.05) is 18.7 Å². The zero-order valence-corrected chi connectivity index (χ0v) is 18.6. The highest BCUT2D eigenvalue weighted by Crippen LogP contribution is 2.29. The number of hydrogen-bond donors (Lipinski definition) is 3. The van der Waals surface area contributed by atoms with Gasteiger partial charge in [0.15, 0.2) is 9.84 Å². The standard InChI is InChI=1S/C22H27N5O3S/c1-15(2)31(29,30)21-12-18(8-9-19(21)23)20-10-11-26-27(20)22(28)25-14-17-6-4-16(5-7-17)13-24-3/h4-12,15,24H,13-14,23H2,1-3H3,(H,25,28). The average molecular weight is 442 g/mol. The number of nitrogens with zero attached hydrogens (tertiary/aromatic N) is 2. The van der Waals surface area contributed by atoms with E-state index in [1.54, 1.807) is 26.0 Å². The largest absolute Gasteiger partial charge is 0.398 e. The Morgan fingerprint density at radius 1 is 1.06 bits per heavy atom. The molecule has 0 unspecified atom stereocenters. The third-order valence-corrected chi connectivity index (χ3v) is 7.13. The van der Waals surface area contributed by atoms with Gasteiger partial charge in [-0.1, -0.05) is 30.3 Å². The maximum absolute atomic E-state index is 12.7. The van der Waals surface area contributed by atoms with Crippen LogP contribution < -0.4 is 16.4 Å². The quantitative estimate of drug-likeness (QED) is 0.485. The second-order valence-electron chi connectivity index (χ2n) is 7.48. The van der Waals surface area contributed by atoms with Crippen LogP contribution >= 0.6 is 0 Å². The molecule has 0 atom stereocenters. The van der Waals surface area contributed by atoms with Crippen molar-refractivity contribution in [3.05, 3.63) is 65.9 Å². The van der Waals surface area contributed by atoms with Crippen LogP contribution in [-0.4, -0.2) is 36.5 Å². The Hall–Kier alpha value is -3.17. The average Bonchev–Trinajstić information content (AvgIpc) is 3.23. The van der Waals surface area contributed by atoms with Crippen LogP contribution in [0, 0.1) is 0 Å². The van der Waals surface area contributed by atoms with Gasteiger partial charge < -0.3 is 16.4 Å². The van der Waals surface area contributed by atoms with E-state index in [0.29, 0.717) is 17.8 Å². The summed E-state index contributed by atoms with van der Waals surface area (Å²) in [6, 6.07) is 13.9. The van der Waals surface area contributed by atoms with E-state index in [0.717, 1.165) is 17.7 Å². The number of hydrogen-bond acceptors (Lipinski definition) is 6. The van der Waals surface area contributed by atoms with Gasteiger partial charge in [-0.3, -0.25) is 0 Å². The van der Waals surface area contributed by atoms with Crippen LogP contribution in [0.4, 0.5) is 10.5 Å². The summed E-state index contributed by atoms with van der Waals surface area (Å²) in [6.07, 6.45) is 1.49. The summed E-state index contributed by atoms with van der Waals surface area (Å²) in [5, 5.41) is 9.43. The molecule has 0 aliphatic carbocycles. The molecular formula is C22H27N5O3S. The van der Waals surface area contributed by atoms with Crippen LogP contribution in [0.2, 0.25) is 0 Å². The predicted molar refractivity (Wildman–Crippen MR) is 121 cm³/mol. The smallest absolute Gasteiger partial charge is 0.342 e. The Morgan fingerprint density at radius 2 is 1.71 bits per heavy atom. The normalized spacial score (nSPS) is 11.6. The predicted octanol–water partition coefficient (Wildman–Crippen LogP) is 2.79. The lowest BCUT2D eigenvalue weighted by Gasteiger charge is -2.13. The van der Waals surface area contributed by atoms with Gasteiger partial charge in [-0.15, -0.1) is 0 Å². The van der Waals surface area contributed by atoms with E-state index in [9.17, 15) is 13.2 Å². The minimum Gasteiger partial charge on any atom is -0.398 e. The van der Waals surface area contributed by atoms with Gasteiger partial charge in [0.1, 0.15) is 0 Å². The zero-order chi connectivity index (χ0) is 22.6. The number of rotatable bonds is 7. The van der Waals surface area contributed by atoms with Crippen LogP contribution in [0.25, 0.3) is 11.3 Å². The third kappa shape index (κ3) is 4.95. The van der Waals surface area contributed by atoms with Gasteiger partial charge >= 0.3 is 6.03 Å². The molecule has 0 radical (unpaired) electrons. The van der Waals surface area contributed by atoms with Gasteiger partial charge in [-0.05, 0) is 50.2 Å². The molecule has 0 aliphatic rings. The van der Waals surface area contributed by atoms with Crippen molar-refractivity contribution >= 4 is 21.6 Å². The fourth-order valence-electron chi connectivity index (χ4n) is 3.11. The number of amides is 1. The van der Waals surface area contributed by atoms with E-state index in [1.165, 1.54) is 23.0 Å². The van der Waals surface area contributed by atoms with E-state index < -0.39 is 21.1 Å². The first-order valence-electron chi connectivity index (χ1n) is 9.92.